The van der Waals surface area contributed by atoms with E-state index in [1.807, 2.05) is 0 Å². The van der Waals surface area contributed by atoms with Gasteiger partial charge in [-0.05, 0) is 6.42 Å². The Morgan fingerprint density at radius 3 is 1.33 bits per heavy atom. The van der Waals surface area contributed by atoms with Crippen molar-refractivity contribution in [3.05, 3.63) is 6.92 Å². The van der Waals surface area contributed by atoms with Crippen LogP contribution in [0, 0.1) is 6.92 Å². The normalized spacial score (nSPS) is 10.8. The van der Waals surface area contributed by atoms with Crippen LogP contribution in [0.15, 0.2) is 0 Å². The average Bonchev–Trinajstić information content (AvgIpc) is 2.34. The van der Waals surface area contributed by atoms with Crippen molar-refractivity contribution in [1.82, 2.24) is 0 Å². The van der Waals surface area contributed by atoms with Crippen LogP contribution in [0.4, 0.5) is 0 Å². The lowest BCUT2D eigenvalue weighted by molar-refractivity contribution is -0.114. The molecule has 0 amide bonds. The molecule has 0 N–H and O–H groups in total. The molecule has 0 saturated carbocycles. The van der Waals surface area contributed by atoms with Crippen LogP contribution in [0.2, 0.25) is 0 Å². The zero-order chi connectivity index (χ0) is 13.5. The van der Waals surface area contributed by atoms with E-state index in [9.17, 15) is 4.79 Å². The fourth-order valence-electron chi connectivity index (χ4n) is 2.32. The van der Waals surface area contributed by atoms with Crippen LogP contribution in [0.1, 0.15) is 96.8 Å². The Balaban J connectivity index is 2.92. The second kappa shape index (κ2) is 14.7. The highest BCUT2D eigenvalue weighted by atomic mass is 16.1. The largest absolute Gasteiger partial charge is 0.299 e. The summed E-state index contributed by atoms with van der Waals surface area (Å²) in [6.45, 7) is 7.36. The summed E-state index contributed by atoms with van der Waals surface area (Å²) in [5.74, 6) is -0.155. The molecule has 2 radical (unpaired) electrons. The van der Waals surface area contributed by atoms with Gasteiger partial charge in [-0.15, -0.1) is 0 Å². The van der Waals surface area contributed by atoms with Crippen LogP contribution in [0.25, 0.3) is 0 Å². The van der Waals surface area contributed by atoms with Crippen molar-refractivity contribution in [1.29, 1.82) is 0 Å². The van der Waals surface area contributed by atoms with E-state index in [1.54, 1.807) is 0 Å². The number of unbranched alkanes of at least 4 members (excludes halogenated alkanes) is 12. The zero-order valence-electron chi connectivity index (χ0n) is 12.4. The third-order valence-electron chi connectivity index (χ3n) is 3.53. The first-order valence-electron chi connectivity index (χ1n) is 8.05. The van der Waals surface area contributed by atoms with Gasteiger partial charge in [-0.2, -0.15) is 0 Å². The van der Waals surface area contributed by atoms with Gasteiger partial charge < -0.3 is 0 Å². The van der Waals surface area contributed by atoms with Crippen LogP contribution in [-0.2, 0) is 4.79 Å². The Bertz CT molecular complexity index is 174. The molecule has 0 spiro atoms. The highest BCUT2D eigenvalue weighted by Gasteiger charge is 1.95. The fraction of sp³-hybridized carbons (Fsp3) is 0.882. The van der Waals surface area contributed by atoms with Gasteiger partial charge in [0.1, 0.15) is 5.78 Å². The van der Waals surface area contributed by atoms with Gasteiger partial charge in [0, 0.05) is 13.3 Å². The number of ketones is 1. The van der Waals surface area contributed by atoms with Crippen molar-refractivity contribution >= 4 is 5.78 Å². The summed E-state index contributed by atoms with van der Waals surface area (Å²) in [5, 5.41) is 0. The van der Waals surface area contributed by atoms with Gasteiger partial charge in [0.2, 0.25) is 0 Å². The van der Waals surface area contributed by atoms with Crippen LogP contribution in [0.5, 0.6) is 0 Å². The maximum Gasteiger partial charge on any atom is 0.137 e. The van der Waals surface area contributed by atoms with Gasteiger partial charge >= 0.3 is 0 Å². The second-order valence-electron chi connectivity index (χ2n) is 5.46. The molecule has 0 bridgehead atoms. The first-order valence-corrected chi connectivity index (χ1v) is 8.05. The Morgan fingerprint density at radius 2 is 1.00 bits per heavy atom. The van der Waals surface area contributed by atoms with Crippen molar-refractivity contribution in [3.63, 3.8) is 0 Å². The minimum atomic E-state index is -0.155. The summed E-state index contributed by atoms with van der Waals surface area (Å²) < 4.78 is 0. The van der Waals surface area contributed by atoms with Crippen molar-refractivity contribution in [2.45, 2.75) is 96.8 Å². The summed E-state index contributed by atoms with van der Waals surface area (Å²) in [6, 6.07) is 0. The molecule has 0 aliphatic rings. The van der Waals surface area contributed by atoms with E-state index in [2.05, 4.69) is 6.92 Å². The predicted octanol–water partition coefficient (Wildman–Crippen LogP) is 5.75. The lowest BCUT2D eigenvalue weighted by Gasteiger charge is -2.02. The van der Waals surface area contributed by atoms with Crippen LogP contribution in [0.3, 0.4) is 0 Å². The van der Waals surface area contributed by atoms with Crippen molar-refractivity contribution in [2.75, 3.05) is 0 Å². The Morgan fingerprint density at radius 1 is 0.667 bits per heavy atom. The molecular formula is C17H32O. The molecule has 0 saturated heterocycles. The molecule has 0 unspecified atom stereocenters. The van der Waals surface area contributed by atoms with Gasteiger partial charge in [0.15, 0.2) is 0 Å². The lowest BCUT2D eigenvalue weighted by Crippen LogP contribution is -1.89. The highest BCUT2D eigenvalue weighted by Crippen LogP contribution is 2.12. The number of hydrogen-bond donors (Lipinski definition) is 0. The first kappa shape index (κ1) is 17.7. The Labute approximate surface area is 115 Å². The van der Waals surface area contributed by atoms with Crippen LogP contribution >= 0.6 is 0 Å². The standard InChI is InChI=1S/C17H32O/c1-3-4-5-6-7-8-9-10-11-12-13-14-15-16-17(2)18/h2H,3-16H2,1H3. The molecule has 0 atom stereocenters. The molecule has 0 aromatic heterocycles. The predicted molar refractivity (Wildman–Crippen MR) is 79.6 cm³/mol. The molecule has 0 rings (SSSR count). The second-order valence-corrected chi connectivity index (χ2v) is 5.46. The molecule has 0 fully saturated rings. The summed E-state index contributed by atoms with van der Waals surface area (Å²) >= 11 is 0. The fourth-order valence-corrected chi connectivity index (χ4v) is 2.32. The molecule has 18 heavy (non-hydrogen) atoms. The Hall–Kier alpha value is -0.330. The van der Waals surface area contributed by atoms with Gasteiger partial charge in [-0.1, -0.05) is 84.0 Å². The van der Waals surface area contributed by atoms with Crippen molar-refractivity contribution in [3.8, 4) is 0 Å². The van der Waals surface area contributed by atoms with Gasteiger partial charge in [-0.3, -0.25) is 4.79 Å². The number of rotatable bonds is 14. The van der Waals surface area contributed by atoms with E-state index >= 15 is 0 Å². The van der Waals surface area contributed by atoms with Crippen LogP contribution < -0.4 is 0 Å². The Kier molecular flexibility index (Phi) is 14.5. The summed E-state index contributed by atoms with van der Waals surface area (Å²) in [5.41, 5.74) is 0. The summed E-state index contributed by atoms with van der Waals surface area (Å²) in [7, 11) is 0. The zero-order valence-corrected chi connectivity index (χ0v) is 12.4. The smallest absolute Gasteiger partial charge is 0.137 e. The monoisotopic (exact) mass is 252 g/mol. The molecule has 0 heterocycles. The van der Waals surface area contributed by atoms with E-state index in [0.717, 1.165) is 6.42 Å². The molecule has 1 nitrogen and oxygen atoms in total. The summed E-state index contributed by atoms with van der Waals surface area (Å²) in [6.07, 6.45) is 17.9. The minimum absolute atomic E-state index is 0.155. The van der Waals surface area contributed by atoms with Crippen molar-refractivity contribution < 1.29 is 4.79 Å². The van der Waals surface area contributed by atoms with E-state index in [-0.39, 0.29) is 5.78 Å². The number of carbonyl (C=O) groups excluding carboxylic acids is 1. The number of carbonyl (C=O) groups is 1. The average molecular weight is 252 g/mol. The lowest BCUT2D eigenvalue weighted by atomic mass is 10.0. The summed E-state index contributed by atoms with van der Waals surface area (Å²) in [4.78, 5) is 10.5. The molecule has 0 aromatic carbocycles. The number of Topliss-reactive ketones (excluding diaryl/α,β-unsaturated/α-hetero) is 1. The maximum absolute atomic E-state index is 10.5. The van der Waals surface area contributed by atoms with E-state index in [0.29, 0.717) is 6.42 Å². The van der Waals surface area contributed by atoms with Gasteiger partial charge in [0.25, 0.3) is 0 Å². The molecule has 1 heteroatoms. The maximum atomic E-state index is 10.5. The van der Waals surface area contributed by atoms with E-state index in [1.165, 1.54) is 77.0 Å². The quantitative estimate of drug-likeness (QED) is 0.360. The van der Waals surface area contributed by atoms with E-state index < -0.39 is 0 Å². The SMILES string of the molecule is [CH]C(=O)CCCCCCCCCCCCCCC. The molecule has 0 aliphatic carbocycles. The van der Waals surface area contributed by atoms with Gasteiger partial charge in [0.05, 0.1) is 0 Å². The molecule has 106 valence electrons. The van der Waals surface area contributed by atoms with Crippen molar-refractivity contribution in [2.24, 2.45) is 0 Å². The minimum Gasteiger partial charge on any atom is -0.299 e. The molecule has 0 aromatic rings. The number of hydrogen-bond acceptors (Lipinski definition) is 1. The topological polar surface area (TPSA) is 17.1 Å². The first-order chi connectivity index (χ1) is 8.77. The molecule has 0 aliphatic heterocycles. The highest BCUT2D eigenvalue weighted by molar-refractivity contribution is 5.82. The van der Waals surface area contributed by atoms with E-state index in [4.69, 9.17) is 6.92 Å². The third kappa shape index (κ3) is 15.7. The van der Waals surface area contributed by atoms with Crippen LogP contribution in [-0.4, -0.2) is 5.78 Å². The van der Waals surface area contributed by atoms with Gasteiger partial charge in [-0.25, -0.2) is 0 Å². The third-order valence-corrected chi connectivity index (χ3v) is 3.53. The molecular weight excluding hydrogens is 220 g/mol.